The Labute approximate surface area is 312 Å². The summed E-state index contributed by atoms with van der Waals surface area (Å²) in [5.74, 6) is 0.712. The predicted molar refractivity (Wildman–Crippen MR) is 225 cm³/mol. The second kappa shape index (κ2) is 13.1. The largest absolute Gasteiger partial charge is 0.228 e. The summed E-state index contributed by atoms with van der Waals surface area (Å²) >= 11 is 1.85. The van der Waals surface area contributed by atoms with E-state index in [1.807, 2.05) is 17.4 Å². The number of rotatable bonds is 6. The van der Waals surface area contributed by atoms with Crippen molar-refractivity contribution < 1.29 is 0 Å². The summed E-state index contributed by atoms with van der Waals surface area (Å²) < 4.78 is 2.61. The van der Waals surface area contributed by atoms with Gasteiger partial charge in [-0.1, -0.05) is 152 Å². The fraction of sp³-hybridized carbons (Fsp3) is 0. The van der Waals surface area contributed by atoms with Gasteiger partial charge in [0, 0.05) is 36.9 Å². The molecule has 53 heavy (non-hydrogen) atoms. The Hall–Kier alpha value is -6.68. The molecule has 0 bridgehead atoms. The molecule has 2 aromatic heterocycles. The lowest BCUT2D eigenvalue weighted by Gasteiger charge is -2.14. The zero-order valence-corrected chi connectivity index (χ0v) is 29.6. The van der Waals surface area contributed by atoms with Crippen LogP contribution >= 0.6 is 11.3 Å². The maximum Gasteiger partial charge on any atom is 0.161 e. The van der Waals surface area contributed by atoms with Crippen LogP contribution in [0, 0.1) is 0 Å². The van der Waals surface area contributed by atoms with E-state index in [9.17, 15) is 0 Å². The molecule has 8 aromatic carbocycles. The van der Waals surface area contributed by atoms with Gasteiger partial charge in [-0.05, 0) is 86.6 Å². The van der Waals surface area contributed by atoms with Gasteiger partial charge >= 0.3 is 0 Å². The molecule has 2 heterocycles. The van der Waals surface area contributed by atoms with Crippen molar-refractivity contribution in [3.63, 3.8) is 0 Å². The van der Waals surface area contributed by atoms with Crippen LogP contribution in [0.5, 0.6) is 0 Å². The quantitative estimate of drug-likeness (QED) is 0.173. The molecule has 0 unspecified atom stereocenters. The second-order valence-corrected chi connectivity index (χ2v) is 14.5. The van der Waals surface area contributed by atoms with Crippen LogP contribution in [-0.4, -0.2) is 9.97 Å². The fourth-order valence-corrected chi connectivity index (χ4v) is 8.48. The second-order valence-electron chi connectivity index (χ2n) is 13.4. The highest BCUT2D eigenvalue weighted by atomic mass is 32.1. The number of nitrogens with zero attached hydrogens (tertiary/aromatic N) is 2. The number of aromatic nitrogens is 2. The minimum absolute atomic E-state index is 0.712. The maximum atomic E-state index is 5.35. The molecule has 10 aromatic rings. The van der Waals surface area contributed by atoms with Gasteiger partial charge in [0.25, 0.3) is 0 Å². The lowest BCUT2D eigenvalue weighted by molar-refractivity contribution is 1.19. The minimum atomic E-state index is 0.712. The predicted octanol–water partition coefficient (Wildman–Crippen LogP) is 14.0. The third kappa shape index (κ3) is 5.87. The van der Waals surface area contributed by atoms with E-state index in [0.717, 1.165) is 50.2 Å². The lowest BCUT2D eigenvalue weighted by atomic mass is 9.93. The third-order valence-electron chi connectivity index (χ3n) is 10.1. The standard InChI is InChI=1S/C50H32N2S/c1-3-12-33(13-4-1)34-22-24-35(25-23-34)39-28-40(38-26-27-49-45(31-38)43-19-9-10-21-48(43)53-49)30-41(29-39)47-32-46(37-15-5-2-6-16-37)51-50(52-47)44-20-11-17-36-14-7-8-18-42(36)44/h1-32H. The smallest absolute Gasteiger partial charge is 0.161 e. The molecule has 0 spiro atoms. The summed E-state index contributed by atoms with van der Waals surface area (Å²) in [6.45, 7) is 0. The summed E-state index contributed by atoms with van der Waals surface area (Å²) in [7, 11) is 0. The summed E-state index contributed by atoms with van der Waals surface area (Å²) in [6, 6.07) is 69.3. The van der Waals surface area contributed by atoms with Crippen LogP contribution in [0.15, 0.2) is 194 Å². The SMILES string of the molecule is c1ccc(-c2ccc(-c3cc(-c4ccc5sc6ccccc6c5c4)cc(-c4cc(-c5ccccc5)nc(-c5cccc6ccccc56)n4)c3)cc2)cc1. The highest BCUT2D eigenvalue weighted by Gasteiger charge is 2.16. The Bertz CT molecular complexity index is 2920. The van der Waals surface area contributed by atoms with E-state index in [1.54, 1.807) is 0 Å². The molecular formula is C50H32N2S. The minimum Gasteiger partial charge on any atom is -0.228 e. The van der Waals surface area contributed by atoms with E-state index in [2.05, 4.69) is 188 Å². The Morgan fingerprint density at radius 3 is 1.60 bits per heavy atom. The van der Waals surface area contributed by atoms with Crippen LogP contribution in [0.2, 0.25) is 0 Å². The van der Waals surface area contributed by atoms with Crippen LogP contribution in [0.1, 0.15) is 0 Å². The van der Waals surface area contributed by atoms with Gasteiger partial charge in [0.2, 0.25) is 0 Å². The summed E-state index contributed by atoms with van der Waals surface area (Å²) in [6.07, 6.45) is 0. The van der Waals surface area contributed by atoms with Gasteiger partial charge in [0.05, 0.1) is 11.4 Å². The van der Waals surface area contributed by atoms with Crippen LogP contribution in [-0.2, 0) is 0 Å². The summed E-state index contributed by atoms with van der Waals surface area (Å²) in [5, 5.41) is 4.88. The molecule has 0 fully saturated rings. The average Bonchev–Trinajstić information content (AvgIpc) is 3.62. The van der Waals surface area contributed by atoms with Crippen LogP contribution in [0.4, 0.5) is 0 Å². The van der Waals surface area contributed by atoms with Gasteiger partial charge in [-0.25, -0.2) is 9.97 Å². The lowest BCUT2D eigenvalue weighted by Crippen LogP contribution is -1.97. The molecule has 10 rings (SSSR count). The first-order valence-corrected chi connectivity index (χ1v) is 18.7. The number of thiophene rings is 1. The van der Waals surface area contributed by atoms with Crippen LogP contribution < -0.4 is 0 Å². The summed E-state index contributed by atoms with van der Waals surface area (Å²) in [4.78, 5) is 10.5. The number of fused-ring (bicyclic) bond motifs is 4. The Balaban J connectivity index is 1.19. The van der Waals surface area contributed by atoms with E-state index >= 15 is 0 Å². The van der Waals surface area contributed by atoms with Gasteiger partial charge in [0.1, 0.15) is 0 Å². The molecule has 3 heteroatoms. The maximum absolute atomic E-state index is 5.35. The molecule has 0 N–H and O–H groups in total. The van der Waals surface area contributed by atoms with Crippen molar-refractivity contribution in [2.45, 2.75) is 0 Å². The van der Waals surface area contributed by atoms with E-state index in [1.165, 1.54) is 42.2 Å². The molecule has 2 nitrogen and oxygen atoms in total. The van der Waals surface area contributed by atoms with E-state index < -0.39 is 0 Å². The first kappa shape index (κ1) is 31.1. The van der Waals surface area contributed by atoms with Crippen molar-refractivity contribution in [3.8, 4) is 67.3 Å². The van der Waals surface area contributed by atoms with Crippen molar-refractivity contribution in [1.29, 1.82) is 0 Å². The molecule has 248 valence electrons. The van der Waals surface area contributed by atoms with Crippen molar-refractivity contribution in [3.05, 3.63) is 194 Å². The Morgan fingerprint density at radius 1 is 0.302 bits per heavy atom. The normalized spacial score (nSPS) is 11.4. The van der Waals surface area contributed by atoms with Crippen LogP contribution in [0.3, 0.4) is 0 Å². The Kier molecular flexibility index (Phi) is 7.71. The molecule has 0 aliphatic carbocycles. The van der Waals surface area contributed by atoms with Gasteiger partial charge in [0.15, 0.2) is 5.82 Å². The van der Waals surface area contributed by atoms with Crippen molar-refractivity contribution in [2.24, 2.45) is 0 Å². The molecule has 0 radical (unpaired) electrons. The monoisotopic (exact) mass is 692 g/mol. The average molecular weight is 693 g/mol. The first-order valence-electron chi connectivity index (χ1n) is 17.9. The highest BCUT2D eigenvalue weighted by molar-refractivity contribution is 7.25. The van der Waals surface area contributed by atoms with Crippen LogP contribution in [0.25, 0.3) is 98.2 Å². The topological polar surface area (TPSA) is 25.8 Å². The van der Waals surface area contributed by atoms with E-state index in [-0.39, 0.29) is 0 Å². The Morgan fingerprint density at radius 2 is 0.830 bits per heavy atom. The highest BCUT2D eigenvalue weighted by Crippen LogP contribution is 2.40. The molecule has 0 amide bonds. The van der Waals surface area contributed by atoms with Crippen molar-refractivity contribution in [2.75, 3.05) is 0 Å². The number of hydrogen-bond acceptors (Lipinski definition) is 3. The zero-order valence-electron chi connectivity index (χ0n) is 28.8. The van der Waals surface area contributed by atoms with Gasteiger partial charge in [-0.3, -0.25) is 0 Å². The molecule has 0 aliphatic rings. The molecular weight excluding hydrogens is 661 g/mol. The zero-order chi connectivity index (χ0) is 35.1. The molecule has 0 saturated carbocycles. The third-order valence-corrected chi connectivity index (χ3v) is 11.2. The number of hydrogen-bond donors (Lipinski definition) is 0. The van der Waals surface area contributed by atoms with E-state index in [4.69, 9.17) is 9.97 Å². The molecule has 0 saturated heterocycles. The van der Waals surface area contributed by atoms with Gasteiger partial charge in [-0.15, -0.1) is 11.3 Å². The van der Waals surface area contributed by atoms with Gasteiger partial charge < -0.3 is 0 Å². The van der Waals surface area contributed by atoms with E-state index in [0.29, 0.717) is 5.82 Å². The fourth-order valence-electron chi connectivity index (χ4n) is 7.39. The molecule has 0 atom stereocenters. The number of benzene rings is 8. The van der Waals surface area contributed by atoms with Gasteiger partial charge in [-0.2, -0.15) is 0 Å². The molecule has 0 aliphatic heterocycles. The van der Waals surface area contributed by atoms with Crippen molar-refractivity contribution >= 4 is 42.3 Å². The van der Waals surface area contributed by atoms with Crippen molar-refractivity contribution in [1.82, 2.24) is 9.97 Å². The summed E-state index contributed by atoms with van der Waals surface area (Å²) in [5.41, 5.74) is 11.9. The first-order chi connectivity index (χ1) is 26.2.